The van der Waals surface area contributed by atoms with Gasteiger partial charge in [0.25, 0.3) is 10.1 Å². The third kappa shape index (κ3) is 7.29. The van der Waals surface area contributed by atoms with Crippen LogP contribution in [0.4, 0.5) is 0 Å². The maximum Gasteiger partial charge on any atom is 0.283 e. The van der Waals surface area contributed by atoms with Gasteiger partial charge in [-0.1, -0.05) is 13.0 Å². The molecule has 1 atom stereocenters. The molecule has 0 spiro atoms. The van der Waals surface area contributed by atoms with Crippen molar-refractivity contribution in [3.05, 3.63) is 12.2 Å². The highest BCUT2D eigenvalue weighted by molar-refractivity contribution is 7.87. The number of hydrogen-bond donors (Lipinski definition) is 2. The number of carbonyl (C=O) groups excluding carboxylic acids is 1. The molecule has 0 fully saturated rings. The molecule has 1 unspecified atom stereocenters. The predicted molar refractivity (Wildman–Crippen MR) is 74.8 cm³/mol. The van der Waals surface area contributed by atoms with Crippen molar-refractivity contribution in [3.63, 3.8) is 0 Å². The first-order valence-electron chi connectivity index (χ1n) is 6.23. The minimum Gasteiger partial charge on any atom is -0.348 e. The molecule has 0 aromatic heterocycles. The molecular weight excluding hydrogens is 268 g/mol. The van der Waals surface area contributed by atoms with Crippen LogP contribution in [0.1, 0.15) is 40.5 Å². The first kappa shape index (κ1) is 18.1. The van der Waals surface area contributed by atoms with E-state index in [1.807, 2.05) is 0 Å². The molecule has 0 bridgehead atoms. The van der Waals surface area contributed by atoms with Crippen molar-refractivity contribution < 1.29 is 17.4 Å². The van der Waals surface area contributed by atoms with Crippen LogP contribution in [0.25, 0.3) is 0 Å². The zero-order chi connectivity index (χ0) is 15.1. The van der Waals surface area contributed by atoms with Crippen LogP contribution >= 0.6 is 0 Å². The molecule has 7 heteroatoms. The number of carbonyl (C=O) groups is 1. The van der Waals surface area contributed by atoms with Gasteiger partial charge in [0.05, 0.1) is 6.61 Å². The van der Waals surface area contributed by atoms with Crippen molar-refractivity contribution in [1.29, 1.82) is 0 Å². The van der Waals surface area contributed by atoms with Crippen LogP contribution in [0.3, 0.4) is 0 Å². The molecule has 0 aromatic rings. The molecule has 112 valence electrons. The van der Waals surface area contributed by atoms with E-state index >= 15 is 0 Å². The lowest BCUT2D eigenvalue weighted by Gasteiger charge is -2.25. The second kappa shape index (κ2) is 7.62. The van der Waals surface area contributed by atoms with E-state index in [0.29, 0.717) is 12.8 Å². The van der Waals surface area contributed by atoms with Crippen molar-refractivity contribution in [2.24, 2.45) is 5.73 Å². The fourth-order valence-corrected chi connectivity index (χ4v) is 2.19. The van der Waals surface area contributed by atoms with Crippen LogP contribution < -0.4 is 11.1 Å². The highest BCUT2D eigenvalue weighted by Crippen LogP contribution is 2.11. The Balaban J connectivity index is 4.30. The van der Waals surface area contributed by atoms with Gasteiger partial charge in [0.1, 0.15) is 5.37 Å². The average molecular weight is 292 g/mol. The fourth-order valence-electron chi connectivity index (χ4n) is 1.29. The molecule has 1 amide bonds. The quantitative estimate of drug-likeness (QED) is 0.511. The summed E-state index contributed by atoms with van der Waals surface area (Å²) >= 11 is 0. The number of allylic oxidation sites excluding steroid dienone is 1. The minimum absolute atomic E-state index is 0.0147. The lowest BCUT2D eigenvalue weighted by atomic mass is 10.0. The standard InChI is InChI=1S/C12H24N2O4S/c1-5-7-11(15)14-12(3,4)8-9-18-19(16,17)10(13)6-2/h5,7,10H,6,8-9,13H2,1-4H3,(H,14,15). The summed E-state index contributed by atoms with van der Waals surface area (Å²) in [4.78, 5) is 11.4. The molecule has 3 N–H and O–H groups in total. The Labute approximate surface area is 115 Å². The molecule has 0 radical (unpaired) electrons. The third-order valence-electron chi connectivity index (χ3n) is 2.53. The monoisotopic (exact) mass is 292 g/mol. The van der Waals surface area contributed by atoms with Gasteiger partial charge in [-0.2, -0.15) is 8.42 Å². The highest BCUT2D eigenvalue weighted by Gasteiger charge is 2.24. The lowest BCUT2D eigenvalue weighted by Crippen LogP contribution is -2.44. The zero-order valence-corrected chi connectivity index (χ0v) is 12.8. The molecule has 0 aliphatic carbocycles. The van der Waals surface area contributed by atoms with Crippen molar-refractivity contribution in [1.82, 2.24) is 5.32 Å². The summed E-state index contributed by atoms with van der Waals surface area (Å²) < 4.78 is 27.9. The number of nitrogens with two attached hydrogens (primary N) is 1. The van der Waals surface area contributed by atoms with Gasteiger partial charge < -0.3 is 11.1 Å². The van der Waals surface area contributed by atoms with Gasteiger partial charge in [0.2, 0.25) is 5.91 Å². The van der Waals surface area contributed by atoms with Gasteiger partial charge in [-0.25, -0.2) is 0 Å². The van der Waals surface area contributed by atoms with Gasteiger partial charge >= 0.3 is 0 Å². The Morgan fingerprint density at radius 1 is 1.47 bits per heavy atom. The smallest absolute Gasteiger partial charge is 0.283 e. The molecule has 0 aliphatic rings. The Bertz CT molecular complexity index is 415. The Morgan fingerprint density at radius 3 is 2.53 bits per heavy atom. The number of rotatable bonds is 8. The van der Waals surface area contributed by atoms with Crippen LogP contribution in [0.5, 0.6) is 0 Å². The van der Waals surface area contributed by atoms with Crippen molar-refractivity contribution in [2.45, 2.75) is 51.4 Å². The topological polar surface area (TPSA) is 98.5 Å². The Hall–Kier alpha value is -0.920. The fraction of sp³-hybridized carbons (Fsp3) is 0.750. The molecule has 0 aromatic carbocycles. The van der Waals surface area contributed by atoms with E-state index in [1.165, 1.54) is 6.08 Å². The summed E-state index contributed by atoms with van der Waals surface area (Å²) in [5.74, 6) is -0.222. The Morgan fingerprint density at radius 2 is 2.05 bits per heavy atom. The summed E-state index contributed by atoms with van der Waals surface area (Å²) in [5.41, 5.74) is 4.88. The van der Waals surface area contributed by atoms with Gasteiger partial charge in [-0.05, 0) is 39.7 Å². The van der Waals surface area contributed by atoms with E-state index in [9.17, 15) is 13.2 Å². The van der Waals surface area contributed by atoms with Crippen LogP contribution in [-0.2, 0) is 19.1 Å². The maximum atomic E-state index is 11.5. The summed E-state index contributed by atoms with van der Waals surface area (Å²) in [6.07, 6.45) is 3.70. The molecule has 6 nitrogen and oxygen atoms in total. The number of nitrogens with one attached hydrogen (secondary N) is 1. The van der Waals surface area contributed by atoms with Crippen molar-refractivity contribution in [2.75, 3.05) is 6.61 Å². The van der Waals surface area contributed by atoms with Gasteiger partial charge in [0, 0.05) is 5.54 Å². The van der Waals surface area contributed by atoms with Crippen molar-refractivity contribution >= 4 is 16.0 Å². The average Bonchev–Trinajstić information content (AvgIpc) is 2.26. The van der Waals surface area contributed by atoms with E-state index in [4.69, 9.17) is 9.92 Å². The van der Waals surface area contributed by atoms with E-state index < -0.39 is 21.0 Å². The van der Waals surface area contributed by atoms with Crippen LogP contribution in [0, 0.1) is 0 Å². The highest BCUT2D eigenvalue weighted by atomic mass is 32.2. The summed E-state index contributed by atoms with van der Waals surface area (Å²) in [6.45, 7) is 6.99. The molecule has 19 heavy (non-hydrogen) atoms. The lowest BCUT2D eigenvalue weighted by molar-refractivity contribution is -0.118. The molecule has 0 saturated heterocycles. The van der Waals surface area contributed by atoms with Crippen molar-refractivity contribution in [3.8, 4) is 0 Å². The van der Waals surface area contributed by atoms with Gasteiger partial charge in [0.15, 0.2) is 0 Å². The van der Waals surface area contributed by atoms with E-state index in [0.717, 1.165) is 0 Å². The van der Waals surface area contributed by atoms with E-state index in [1.54, 1.807) is 33.8 Å². The van der Waals surface area contributed by atoms with Crippen LogP contribution in [0.2, 0.25) is 0 Å². The normalized spacial score (nSPS) is 14.6. The largest absolute Gasteiger partial charge is 0.348 e. The summed E-state index contributed by atoms with van der Waals surface area (Å²) in [5, 5.41) is 1.75. The van der Waals surface area contributed by atoms with Crippen LogP contribution in [0.15, 0.2) is 12.2 Å². The van der Waals surface area contributed by atoms with E-state index in [-0.39, 0.29) is 12.5 Å². The second-order valence-corrected chi connectivity index (χ2v) is 6.71. The molecule has 0 aliphatic heterocycles. The second-order valence-electron chi connectivity index (χ2n) is 4.88. The zero-order valence-electron chi connectivity index (χ0n) is 12.0. The number of hydrogen-bond acceptors (Lipinski definition) is 5. The predicted octanol–water partition coefficient (Wildman–Crippen LogP) is 0.889. The maximum absolute atomic E-state index is 11.5. The Kier molecular flexibility index (Phi) is 7.25. The van der Waals surface area contributed by atoms with E-state index in [2.05, 4.69) is 5.32 Å². The minimum atomic E-state index is -3.72. The first-order valence-corrected chi connectivity index (χ1v) is 7.70. The molecular formula is C12H24N2O4S. The van der Waals surface area contributed by atoms with Gasteiger partial charge in [-0.15, -0.1) is 0 Å². The SMILES string of the molecule is CC=CC(=O)NC(C)(C)CCOS(=O)(=O)C(N)CC. The van der Waals surface area contributed by atoms with Gasteiger partial charge in [-0.3, -0.25) is 8.98 Å². The summed E-state index contributed by atoms with van der Waals surface area (Å²) in [6, 6.07) is 0. The van der Waals surface area contributed by atoms with Crippen LogP contribution in [-0.4, -0.2) is 31.8 Å². The third-order valence-corrected chi connectivity index (χ3v) is 4.10. The first-order chi connectivity index (χ1) is 8.64. The molecule has 0 rings (SSSR count). The molecule has 0 heterocycles. The summed E-state index contributed by atoms with van der Waals surface area (Å²) in [7, 11) is -3.72. The molecule has 0 saturated carbocycles. The number of amides is 1.